The van der Waals surface area contributed by atoms with Crippen LogP contribution in [0.2, 0.25) is 23.2 Å². The first-order valence-electron chi connectivity index (χ1n) is 14.7. The highest BCUT2D eigenvalue weighted by Gasteiger charge is 2.40. The van der Waals surface area contributed by atoms with Crippen LogP contribution < -0.4 is 5.32 Å². The van der Waals surface area contributed by atoms with Gasteiger partial charge < -0.3 is 19.6 Å². The average Bonchev–Trinajstić information content (AvgIpc) is 3.51. The molecule has 1 aliphatic heterocycles. The third-order valence-corrected chi connectivity index (χ3v) is 15.0. The van der Waals surface area contributed by atoms with Gasteiger partial charge in [0, 0.05) is 35.2 Å². The maximum absolute atomic E-state index is 13.8. The van der Waals surface area contributed by atoms with Crippen LogP contribution in [0.4, 0.5) is 5.82 Å². The van der Waals surface area contributed by atoms with Crippen molar-refractivity contribution >= 4 is 42.9 Å². The second kappa shape index (κ2) is 12.5. The number of carbonyl (C=O) groups excluding carboxylic acids is 1. The minimum Gasteiger partial charge on any atom is -0.416 e. The van der Waals surface area contributed by atoms with Crippen LogP contribution in [0.15, 0.2) is 36.8 Å². The smallest absolute Gasteiger partial charge is 0.208 e. The molecule has 1 saturated carbocycles. The lowest BCUT2D eigenvalue weighted by atomic mass is 9.93. The Morgan fingerprint density at radius 2 is 2.02 bits per heavy atom. The summed E-state index contributed by atoms with van der Waals surface area (Å²) in [4.78, 5) is 24.0. The van der Waals surface area contributed by atoms with Crippen molar-refractivity contribution in [2.24, 2.45) is 11.8 Å². The predicted octanol–water partition coefficient (Wildman–Crippen LogP) is 7.21. The Hall–Kier alpha value is -2.14. The number of benzene rings is 1. The van der Waals surface area contributed by atoms with E-state index in [1.165, 1.54) is 23.2 Å². The van der Waals surface area contributed by atoms with Crippen LogP contribution in [-0.2, 0) is 15.6 Å². The molecule has 5 rings (SSSR count). The van der Waals surface area contributed by atoms with Gasteiger partial charge in [0.1, 0.15) is 18.2 Å². The normalized spacial score (nSPS) is 22.7. The molecule has 0 amide bonds. The van der Waals surface area contributed by atoms with E-state index >= 15 is 0 Å². The quantitative estimate of drug-likeness (QED) is 0.191. The zero-order chi connectivity index (χ0) is 30.2. The number of rotatable bonds is 9. The number of aliphatic hydroxyl groups excluding tert-OH is 1. The fourth-order valence-electron chi connectivity index (χ4n) is 5.64. The monoisotopic (exact) mass is 627 g/mol. The molecule has 226 valence electrons. The topological polar surface area (TPSA) is 93.6 Å². The van der Waals surface area contributed by atoms with Crippen LogP contribution in [-0.4, -0.2) is 55.0 Å². The Balaban J connectivity index is 1.26. The molecule has 3 heterocycles. The number of fused-ring (bicyclic) bond motifs is 1. The fraction of sp³-hybridized carbons (Fsp3) is 0.531. The molecule has 2 aliphatic rings. The number of carbonyl (C=O) groups is 1. The van der Waals surface area contributed by atoms with Gasteiger partial charge in [0.05, 0.1) is 23.2 Å². The number of aryl methyl sites for hydroxylation is 1. The number of halogens is 1. The van der Waals surface area contributed by atoms with E-state index in [0.717, 1.165) is 28.8 Å². The van der Waals surface area contributed by atoms with E-state index in [9.17, 15) is 9.90 Å². The molecule has 4 atom stereocenters. The van der Waals surface area contributed by atoms with Gasteiger partial charge in [0.15, 0.2) is 8.32 Å². The van der Waals surface area contributed by atoms with Crippen molar-refractivity contribution in [3.63, 3.8) is 0 Å². The summed E-state index contributed by atoms with van der Waals surface area (Å²) in [6.45, 7) is 15.0. The molecule has 2 N–H and O–H groups in total. The maximum atomic E-state index is 13.8. The number of ketones is 1. The molecule has 10 heteroatoms. The van der Waals surface area contributed by atoms with E-state index < -0.39 is 8.32 Å². The van der Waals surface area contributed by atoms with E-state index in [1.807, 2.05) is 25.1 Å². The molecule has 1 fully saturated rings. The van der Waals surface area contributed by atoms with Gasteiger partial charge in [-0.15, -0.1) is 11.3 Å². The summed E-state index contributed by atoms with van der Waals surface area (Å²) in [5.74, 6) is 0.777. The summed E-state index contributed by atoms with van der Waals surface area (Å²) in [5.41, 5.74) is 3.72. The maximum Gasteiger partial charge on any atom is 0.208 e. The molecular formula is C32H42ClN3O4SSi. The first kappa shape index (κ1) is 31.3. The largest absolute Gasteiger partial charge is 0.416 e. The van der Waals surface area contributed by atoms with Gasteiger partial charge >= 0.3 is 0 Å². The summed E-state index contributed by atoms with van der Waals surface area (Å²) < 4.78 is 12.6. The van der Waals surface area contributed by atoms with Crippen molar-refractivity contribution < 1.29 is 19.1 Å². The molecule has 1 aromatic carbocycles. The molecule has 0 radical (unpaired) electrons. The SMILES string of the molecule is Cc1sc(C(=O)c2cncnc2NC[C@@H]2C[C@H](CO[Si](C)(C)C(C)(C)C)[C@@H](O)C2)cc1[C@@H]1OCCc2ccc(Cl)cc21. The molecule has 0 bridgehead atoms. The van der Waals surface area contributed by atoms with Gasteiger partial charge in [-0.1, -0.05) is 38.4 Å². The minimum absolute atomic E-state index is 0.118. The number of thiophene rings is 1. The van der Waals surface area contributed by atoms with Crippen molar-refractivity contribution in [2.75, 3.05) is 25.1 Å². The van der Waals surface area contributed by atoms with E-state index in [0.29, 0.717) is 47.5 Å². The zero-order valence-electron chi connectivity index (χ0n) is 25.4. The number of anilines is 1. The van der Waals surface area contributed by atoms with E-state index in [-0.39, 0.29) is 34.9 Å². The summed E-state index contributed by atoms with van der Waals surface area (Å²) in [5, 5.41) is 15.0. The lowest BCUT2D eigenvalue weighted by Gasteiger charge is -2.37. The predicted molar refractivity (Wildman–Crippen MR) is 171 cm³/mol. The van der Waals surface area contributed by atoms with Crippen molar-refractivity contribution in [1.29, 1.82) is 0 Å². The Bertz CT molecular complexity index is 1440. The second-order valence-electron chi connectivity index (χ2n) is 13.2. The van der Waals surface area contributed by atoms with Crippen LogP contribution >= 0.6 is 22.9 Å². The highest BCUT2D eigenvalue weighted by molar-refractivity contribution is 7.14. The number of aromatic nitrogens is 2. The lowest BCUT2D eigenvalue weighted by Crippen LogP contribution is -2.42. The van der Waals surface area contributed by atoms with E-state index in [2.05, 4.69) is 55.2 Å². The Kier molecular flexibility index (Phi) is 9.28. The average molecular weight is 628 g/mol. The number of ether oxygens (including phenoxy) is 1. The first-order chi connectivity index (χ1) is 19.8. The molecule has 2 aromatic heterocycles. The fourth-order valence-corrected chi connectivity index (χ4v) is 7.89. The van der Waals surface area contributed by atoms with Crippen molar-refractivity contribution in [2.45, 2.75) is 77.3 Å². The molecule has 42 heavy (non-hydrogen) atoms. The van der Waals surface area contributed by atoms with Crippen LogP contribution in [0.25, 0.3) is 0 Å². The second-order valence-corrected chi connectivity index (χ2v) is 19.7. The highest BCUT2D eigenvalue weighted by Crippen LogP contribution is 2.40. The third-order valence-electron chi connectivity index (χ3n) is 9.24. The molecule has 0 unspecified atom stereocenters. The minimum atomic E-state index is -1.88. The van der Waals surface area contributed by atoms with Crippen molar-refractivity contribution in [3.8, 4) is 0 Å². The molecule has 1 aliphatic carbocycles. The standard InChI is InChI=1S/C32H42ClN3O4SSi/c1-19-24(30-25-13-23(33)8-7-21(25)9-10-39-30)14-28(41-19)29(38)26-16-34-18-36-31(26)35-15-20-11-22(27(37)12-20)17-40-42(5,6)32(2,3)4/h7-8,13-14,16,18,20,22,27,30,37H,9-12,15,17H2,1-6H3,(H,34,35,36)/t20-,22-,27+,30+/m1/s1. The van der Waals surface area contributed by atoms with Gasteiger partial charge in [0.2, 0.25) is 5.78 Å². The van der Waals surface area contributed by atoms with Crippen LogP contribution in [0.3, 0.4) is 0 Å². The molecule has 3 aromatic rings. The van der Waals surface area contributed by atoms with Gasteiger partial charge in [-0.3, -0.25) is 4.79 Å². The molecule has 7 nitrogen and oxygen atoms in total. The van der Waals surface area contributed by atoms with Gasteiger partial charge in [0.25, 0.3) is 0 Å². The number of hydrogen-bond acceptors (Lipinski definition) is 8. The number of hydrogen-bond donors (Lipinski definition) is 2. The molecule has 0 spiro atoms. The summed E-state index contributed by atoms with van der Waals surface area (Å²) >= 11 is 7.78. The molecule has 0 saturated heterocycles. The van der Waals surface area contributed by atoms with Gasteiger partial charge in [-0.05, 0) is 85.1 Å². The number of nitrogens with zero attached hydrogens (tertiary/aromatic N) is 2. The van der Waals surface area contributed by atoms with Crippen molar-refractivity contribution in [3.05, 3.63) is 73.8 Å². The zero-order valence-corrected chi connectivity index (χ0v) is 27.9. The first-order valence-corrected chi connectivity index (χ1v) is 18.8. The number of nitrogens with one attached hydrogen (secondary N) is 1. The van der Waals surface area contributed by atoms with Crippen LogP contribution in [0, 0.1) is 18.8 Å². The summed E-state index contributed by atoms with van der Waals surface area (Å²) in [7, 11) is -1.88. The van der Waals surface area contributed by atoms with Crippen LogP contribution in [0.5, 0.6) is 0 Å². The van der Waals surface area contributed by atoms with E-state index in [4.69, 9.17) is 20.8 Å². The third kappa shape index (κ3) is 6.66. The lowest BCUT2D eigenvalue weighted by molar-refractivity contribution is 0.0697. The highest BCUT2D eigenvalue weighted by atomic mass is 35.5. The Labute approximate surface area is 259 Å². The Morgan fingerprint density at radius 3 is 2.79 bits per heavy atom. The Morgan fingerprint density at radius 1 is 1.24 bits per heavy atom. The molecular weight excluding hydrogens is 586 g/mol. The number of aliphatic hydroxyl groups is 1. The van der Waals surface area contributed by atoms with E-state index in [1.54, 1.807) is 6.20 Å². The van der Waals surface area contributed by atoms with Crippen LogP contribution in [0.1, 0.15) is 76.5 Å². The van der Waals surface area contributed by atoms with Gasteiger partial charge in [-0.2, -0.15) is 0 Å². The summed E-state index contributed by atoms with van der Waals surface area (Å²) in [6, 6.07) is 7.89. The van der Waals surface area contributed by atoms with Gasteiger partial charge in [-0.25, -0.2) is 9.97 Å². The van der Waals surface area contributed by atoms with Crippen molar-refractivity contribution in [1.82, 2.24) is 9.97 Å². The summed E-state index contributed by atoms with van der Waals surface area (Å²) in [6.07, 6.45) is 4.82.